The number of hydrogen-bond acceptors (Lipinski definition) is 2. The van der Waals surface area contributed by atoms with Crippen LogP contribution in [0.1, 0.15) is 26.2 Å². The molecule has 1 rings (SSSR count). The van der Waals surface area contributed by atoms with Gasteiger partial charge in [0.05, 0.1) is 12.5 Å². The number of carboxylic acids is 1. The molecule has 0 spiro atoms. The molecular formula is C11H17NO2. The van der Waals surface area contributed by atoms with E-state index >= 15 is 0 Å². The number of carboxylic acid groups (broad SMARTS) is 1. The van der Waals surface area contributed by atoms with Gasteiger partial charge in [0.25, 0.3) is 0 Å². The standard InChI is InChI=1S/C11H17NO2/c1-2-3-7-12-8-5-4-6-10(12)9-11(13)14/h4-6,8,10H,2-3,7,9H2,1H3,(H,13,14). The van der Waals surface area contributed by atoms with E-state index in [1.807, 2.05) is 24.4 Å². The Bertz CT molecular complexity index is 246. The molecule has 1 heterocycles. The lowest BCUT2D eigenvalue weighted by atomic mass is 10.1. The van der Waals surface area contributed by atoms with Crippen molar-refractivity contribution in [1.29, 1.82) is 0 Å². The molecule has 0 aromatic heterocycles. The van der Waals surface area contributed by atoms with Crippen molar-refractivity contribution in [3.63, 3.8) is 0 Å². The van der Waals surface area contributed by atoms with Crippen LogP contribution in [0.25, 0.3) is 0 Å². The van der Waals surface area contributed by atoms with Crippen LogP contribution in [0.5, 0.6) is 0 Å². The molecule has 1 unspecified atom stereocenters. The molecule has 0 aromatic carbocycles. The van der Waals surface area contributed by atoms with Crippen molar-refractivity contribution in [2.24, 2.45) is 0 Å². The highest BCUT2D eigenvalue weighted by Gasteiger charge is 2.16. The highest BCUT2D eigenvalue weighted by molar-refractivity contribution is 5.68. The van der Waals surface area contributed by atoms with Crippen LogP contribution in [0.4, 0.5) is 0 Å². The summed E-state index contributed by atoms with van der Waals surface area (Å²) in [7, 11) is 0. The van der Waals surface area contributed by atoms with Gasteiger partial charge in [-0.05, 0) is 18.7 Å². The second-order valence-electron chi connectivity index (χ2n) is 3.48. The molecule has 1 aliphatic rings. The Kier molecular flexibility index (Phi) is 4.23. The quantitative estimate of drug-likeness (QED) is 0.729. The zero-order valence-corrected chi connectivity index (χ0v) is 8.52. The summed E-state index contributed by atoms with van der Waals surface area (Å²) >= 11 is 0. The summed E-state index contributed by atoms with van der Waals surface area (Å²) in [6, 6.07) is 0.0315. The fraction of sp³-hybridized carbons (Fsp3) is 0.545. The van der Waals surface area contributed by atoms with Crippen molar-refractivity contribution in [1.82, 2.24) is 4.90 Å². The Hall–Kier alpha value is -1.25. The molecule has 0 aliphatic carbocycles. The first-order chi connectivity index (χ1) is 6.74. The molecule has 14 heavy (non-hydrogen) atoms. The van der Waals surface area contributed by atoms with Gasteiger partial charge in [0.1, 0.15) is 0 Å². The molecule has 1 N–H and O–H groups in total. The zero-order chi connectivity index (χ0) is 10.4. The maximum Gasteiger partial charge on any atom is 0.305 e. The number of unbranched alkanes of at least 4 members (excludes halogenated alkanes) is 1. The minimum atomic E-state index is -0.739. The summed E-state index contributed by atoms with van der Waals surface area (Å²) in [6.07, 6.45) is 10.2. The van der Waals surface area contributed by atoms with Crippen LogP contribution < -0.4 is 0 Å². The predicted octanol–water partition coefficient (Wildman–Crippen LogP) is 2.02. The Morgan fingerprint density at radius 2 is 2.29 bits per heavy atom. The third kappa shape index (κ3) is 3.24. The van der Waals surface area contributed by atoms with Crippen molar-refractivity contribution in [3.05, 3.63) is 24.4 Å². The highest BCUT2D eigenvalue weighted by Crippen LogP contribution is 2.12. The molecule has 0 saturated carbocycles. The summed E-state index contributed by atoms with van der Waals surface area (Å²) in [5.74, 6) is -0.739. The van der Waals surface area contributed by atoms with Gasteiger partial charge in [-0.25, -0.2) is 0 Å². The monoisotopic (exact) mass is 195 g/mol. The summed E-state index contributed by atoms with van der Waals surface area (Å²) in [6.45, 7) is 3.07. The van der Waals surface area contributed by atoms with Crippen LogP contribution in [0.15, 0.2) is 24.4 Å². The number of nitrogens with zero attached hydrogens (tertiary/aromatic N) is 1. The number of allylic oxidation sites excluding steroid dienone is 2. The van der Waals surface area contributed by atoms with Crippen LogP contribution >= 0.6 is 0 Å². The van der Waals surface area contributed by atoms with E-state index in [-0.39, 0.29) is 12.5 Å². The van der Waals surface area contributed by atoms with Gasteiger partial charge >= 0.3 is 5.97 Å². The molecule has 0 saturated heterocycles. The smallest absolute Gasteiger partial charge is 0.305 e. The minimum Gasteiger partial charge on any atom is -0.481 e. The fourth-order valence-electron chi connectivity index (χ4n) is 1.52. The Balaban J connectivity index is 2.48. The van der Waals surface area contributed by atoms with Crippen molar-refractivity contribution < 1.29 is 9.90 Å². The molecule has 0 aromatic rings. The van der Waals surface area contributed by atoms with E-state index in [4.69, 9.17) is 5.11 Å². The second kappa shape index (κ2) is 5.47. The maximum absolute atomic E-state index is 10.6. The highest BCUT2D eigenvalue weighted by atomic mass is 16.4. The van der Waals surface area contributed by atoms with Crippen LogP contribution in [0.2, 0.25) is 0 Å². The van der Waals surface area contributed by atoms with Crippen molar-refractivity contribution in [3.8, 4) is 0 Å². The third-order valence-corrected chi connectivity index (χ3v) is 2.30. The first-order valence-corrected chi connectivity index (χ1v) is 5.06. The Morgan fingerprint density at radius 3 is 2.93 bits per heavy atom. The molecule has 0 radical (unpaired) electrons. The molecule has 0 amide bonds. The first kappa shape index (κ1) is 10.8. The summed E-state index contributed by atoms with van der Waals surface area (Å²) < 4.78 is 0. The third-order valence-electron chi connectivity index (χ3n) is 2.30. The van der Waals surface area contributed by atoms with Crippen LogP contribution in [0.3, 0.4) is 0 Å². The number of carbonyl (C=O) groups is 1. The summed E-state index contributed by atoms with van der Waals surface area (Å²) in [4.78, 5) is 12.7. The van der Waals surface area contributed by atoms with E-state index in [2.05, 4.69) is 11.8 Å². The van der Waals surface area contributed by atoms with Gasteiger partial charge in [-0.2, -0.15) is 0 Å². The molecule has 3 heteroatoms. The van der Waals surface area contributed by atoms with E-state index in [9.17, 15) is 4.79 Å². The zero-order valence-electron chi connectivity index (χ0n) is 8.52. The number of aliphatic carboxylic acids is 1. The minimum absolute atomic E-state index is 0.0315. The topological polar surface area (TPSA) is 40.5 Å². The maximum atomic E-state index is 10.6. The average molecular weight is 195 g/mol. The van der Waals surface area contributed by atoms with Gasteiger partial charge in [0.2, 0.25) is 0 Å². The SMILES string of the molecule is CCCCN1C=CC=CC1CC(=O)O. The van der Waals surface area contributed by atoms with E-state index in [1.165, 1.54) is 0 Å². The average Bonchev–Trinajstić information content (AvgIpc) is 2.16. The largest absolute Gasteiger partial charge is 0.481 e. The summed E-state index contributed by atoms with van der Waals surface area (Å²) in [5, 5.41) is 8.72. The lowest BCUT2D eigenvalue weighted by Gasteiger charge is -2.29. The number of rotatable bonds is 5. The van der Waals surface area contributed by atoms with E-state index in [1.54, 1.807) is 0 Å². The lowest BCUT2D eigenvalue weighted by Crippen LogP contribution is -2.33. The van der Waals surface area contributed by atoms with Gasteiger partial charge in [-0.1, -0.05) is 25.5 Å². The molecular weight excluding hydrogens is 178 g/mol. The van der Waals surface area contributed by atoms with Gasteiger partial charge < -0.3 is 10.0 Å². The second-order valence-corrected chi connectivity index (χ2v) is 3.48. The van der Waals surface area contributed by atoms with E-state index < -0.39 is 5.97 Å². The predicted molar refractivity (Wildman–Crippen MR) is 55.9 cm³/mol. The van der Waals surface area contributed by atoms with Crippen LogP contribution in [-0.4, -0.2) is 28.6 Å². The molecule has 78 valence electrons. The Labute approximate surface area is 84.7 Å². The van der Waals surface area contributed by atoms with Crippen molar-refractivity contribution in [2.75, 3.05) is 6.54 Å². The van der Waals surface area contributed by atoms with Gasteiger partial charge in [0.15, 0.2) is 0 Å². The number of hydrogen-bond donors (Lipinski definition) is 1. The normalized spacial score (nSPS) is 20.1. The van der Waals surface area contributed by atoms with Crippen LogP contribution in [0, 0.1) is 0 Å². The molecule has 3 nitrogen and oxygen atoms in total. The van der Waals surface area contributed by atoms with Crippen molar-refractivity contribution in [2.45, 2.75) is 32.2 Å². The fourth-order valence-corrected chi connectivity index (χ4v) is 1.52. The summed E-state index contributed by atoms with van der Waals surface area (Å²) in [5.41, 5.74) is 0. The van der Waals surface area contributed by atoms with Gasteiger partial charge in [-0.15, -0.1) is 0 Å². The van der Waals surface area contributed by atoms with Gasteiger partial charge in [0, 0.05) is 6.54 Å². The molecule has 1 atom stereocenters. The van der Waals surface area contributed by atoms with E-state index in [0.717, 1.165) is 19.4 Å². The van der Waals surface area contributed by atoms with E-state index in [0.29, 0.717) is 0 Å². The molecule has 0 bridgehead atoms. The van der Waals surface area contributed by atoms with Crippen molar-refractivity contribution >= 4 is 5.97 Å². The Morgan fingerprint density at radius 1 is 1.50 bits per heavy atom. The molecule has 1 aliphatic heterocycles. The molecule has 0 fully saturated rings. The lowest BCUT2D eigenvalue weighted by molar-refractivity contribution is -0.137. The first-order valence-electron chi connectivity index (χ1n) is 5.06. The van der Waals surface area contributed by atoms with Crippen LogP contribution in [-0.2, 0) is 4.79 Å². The van der Waals surface area contributed by atoms with Gasteiger partial charge in [-0.3, -0.25) is 4.79 Å².